The van der Waals surface area contributed by atoms with Crippen molar-refractivity contribution in [3.63, 3.8) is 0 Å². The Morgan fingerprint density at radius 3 is 2.63 bits per heavy atom. The highest BCUT2D eigenvalue weighted by atomic mass is 16.6. The summed E-state index contributed by atoms with van der Waals surface area (Å²) in [5, 5.41) is 7.12. The van der Waals surface area contributed by atoms with Crippen LogP contribution in [0.15, 0.2) is 42.7 Å². The van der Waals surface area contributed by atoms with Crippen molar-refractivity contribution in [2.75, 3.05) is 6.54 Å². The van der Waals surface area contributed by atoms with Crippen LogP contribution in [0.5, 0.6) is 0 Å². The molecule has 1 aliphatic rings. The Hall–Kier alpha value is -2.83. The van der Waals surface area contributed by atoms with Crippen LogP contribution in [0.3, 0.4) is 0 Å². The normalized spacial score (nSPS) is 17.0. The molecule has 7 nitrogen and oxygen atoms in total. The number of carbonyl (C=O) groups excluding carboxylic acids is 2. The maximum Gasteiger partial charge on any atom is 0.410 e. The van der Waals surface area contributed by atoms with Crippen LogP contribution in [-0.2, 0) is 16.1 Å². The quantitative estimate of drug-likeness (QED) is 0.898. The first-order valence-electron chi connectivity index (χ1n) is 9.20. The maximum atomic E-state index is 12.6. The lowest BCUT2D eigenvalue weighted by molar-refractivity contribution is -0.125. The number of carbonyl (C=O) groups is 2. The van der Waals surface area contributed by atoms with E-state index in [1.54, 1.807) is 10.9 Å². The fourth-order valence-corrected chi connectivity index (χ4v) is 3.07. The highest BCUT2D eigenvalue weighted by molar-refractivity contribution is 5.86. The number of hydrogen-bond donors (Lipinski definition) is 1. The van der Waals surface area contributed by atoms with Crippen LogP contribution in [0.4, 0.5) is 4.79 Å². The van der Waals surface area contributed by atoms with E-state index in [9.17, 15) is 9.59 Å². The third-order valence-electron chi connectivity index (χ3n) is 4.36. The van der Waals surface area contributed by atoms with Crippen LogP contribution in [0, 0.1) is 0 Å². The number of rotatable bonds is 4. The Bertz CT molecular complexity index is 779. The molecule has 2 aromatic rings. The number of aromatic nitrogens is 2. The molecule has 1 aromatic carbocycles. The predicted molar refractivity (Wildman–Crippen MR) is 101 cm³/mol. The first-order valence-corrected chi connectivity index (χ1v) is 9.20. The van der Waals surface area contributed by atoms with E-state index in [1.165, 1.54) is 4.90 Å². The van der Waals surface area contributed by atoms with Crippen LogP contribution in [0.2, 0.25) is 0 Å². The summed E-state index contributed by atoms with van der Waals surface area (Å²) in [5.74, 6) is -0.144. The lowest BCUT2D eigenvalue weighted by atomic mass is 10.1. The Kier molecular flexibility index (Phi) is 5.48. The third-order valence-corrected chi connectivity index (χ3v) is 4.36. The second-order valence-corrected chi connectivity index (χ2v) is 7.67. The average molecular weight is 370 g/mol. The highest BCUT2D eigenvalue weighted by Gasteiger charge is 2.36. The summed E-state index contributed by atoms with van der Waals surface area (Å²) in [5.41, 5.74) is 1.37. The van der Waals surface area contributed by atoms with E-state index in [4.69, 9.17) is 4.74 Å². The van der Waals surface area contributed by atoms with Gasteiger partial charge in [-0.15, -0.1) is 0 Å². The molecule has 1 N–H and O–H groups in total. The van der Waals surface area contributed by atoms with Crippen LogP contribution in [0.25, 0.3) is 5.69 Å². The number of amides is 2. The Balaban J connectivity index is 1.56. The summed E-state index contributed by atoms with van der Waals surface area (Å²) in [7, 11) is 0. The van der Waals surface area contributed by atoms with Crippen molar-refractivity contribution in [1.29, 1.82) is 0 Å². The zero-order chi connectivity index (χ0) is 19.4. The Labute approximate surface area is 159 Å². The van der Waals surface area contributed by atoms with Crippen molar-refractivity contribution in [2.45, 2.75) is 51.8 Å². The Morgan fingerprint density at radius 1 is 1.26 bits per heavy atom. The smallest absolute Gasteiger partial charge is 0.410 e. The van der Waals surface area contributed by atoms with E-state index in [0.29, 0.717) is 19.5 Å². The zero-order valence-electron chi connectivity index (χ0n) is 16.0. The first kappa shape index (κ1) is 18.9. The van der Waals surface area contributed by atoms with E-state index >= 15 is 0 Å². The minimum Gasteiger partial charge on any atom is -0.444 e. The van der Waals surface area contributed by atoms with Crippen LogP contribution in [-0.4, -0.2) is 44.9 Å². The molecule has 0 unspecified atom stereocenters. The van der Waals surface area contributed by atoms with Gasteiger partial charge in [-0.2, -0.15) is 5.10 Å². The van der Waals surface area contributed by atoms with Crippen LogP contribution < -0.4 is 5.32 Å². The van der Waals surface area contributed by atoms with Crippen molar-refractivity contribution in [3.8, 4) is 5.69 Å². The number of benzene rings is 1. The maximum absolute atomic E-state index is 12.6. The fourth-order valence-electron chi connectivity index (χ4n) is 3.07. The van der Waals surface area contributed by atoms with E-state index in [2.05, 4.69) is 10.4 Å². The molecule has 1 aliphatic heterocycles. The lowest BCUT2D eigenvalue weighted by Gasteiger charge is -2.28. The number of likely N-dealkylation sites (tertiary alicyclic amines) is 1. The number of nitrogens with zero attached hydrogens (tertiary/aromatic N) is 3. The molecule has 0 spiro atoms. The van der Waals surface area contributed by atoms with Gasteiger partial charge in [-0.05, 0) is 57.4 Å². The molecule has 3 rings (SSSR count). The summed E-state index contributed by atoms with van der Waals surface area (Å²) in [6.45, 7) is 6.43. The average Bonchev–Trinajstić information content (AvgIpc) is 3.30. The van der Waals surface area contributed by atoms with Crippen molar-refractivity contribution >= 4 is 12.0 Å². The number of ether oxygens (including phenoxy) is 1. The lowest BCUT2D eigenvalue weighted by Crippen LogP contribution is -2.47. The van der Waals surface area contributed by atoms with Gasteiger partial charge < -0.3 is 10.1 Å². The second kappa shape index (κ2) is 7.82. The molecule has 2 heterocycles. The van der Waals surface area contributed by atoms with Crippen LogP contribution >= 0.6 is 0 Å². The van der Waals surface area contributed by atoms with Gasteiger partial charge in [-0.25, -0.2) is 9.48 Å². The van der Waals surface area contributed by atoms with Crippen molar-refractivity contribution in [1.82, 2.24) is 20.0 Å². The highest BCUT2D eigenvalue weighted by Crippen LogP contribution is 2.21. The van der Waals surface area contributed by atoms with Crippen LogP contribution in [0.1, 0.15) is 39.2 Å². The van der Waals surface area contributed by atoms with Gasteiger partial charge in [0, 0.05) is 25.5 Å². The minimum absolute atomic E-state index is 0.144. The monoisotopic (exact) mass is 370 g/mol. The molecule has 1 aromatic heterocycles. The molecule has 7 heteroatoms. The standard InChI is InChI=1S/C20H26N4O3/c1-20(2,3)27-19(26)23-12-4-6-17(23)18(25)21-14-15-7-9-16(10-8-15)24-13-5-11-22-24/h5,7-11,13,17H,4,6,12,14H2,1-3H3,(H,21,25)/t17-/m0/s1. The van der Waals surface area contributed by atoms with Crippen molar-refractivity contribution in [3.05, 3.63) is 48.3 Å². The van der Waals surface area contributed by atoms with Crippen molar-refractivity contribution < 1.29 is 14.3 Å². The molecule has 0 bridgehead atoms. The molecule has 27 heavy (non-hydrogen) atoms. The molecule has 2 amide bonds. The molecular formula is C20H26N4O3. The predicted octanol–water partition coefficient (Wildman–Crippen LogP) is 2.89. The van der Waals surface area contributed by atoms with Gasteiger partial charge in [0.1, 0.15) is 11.6 Å². The Morgan fingerprint density at radius 2 is 2.00 bits per heavy atom. The minimum atomic E-state index is -0.572. The van der Waals surface area contributed by atoms with Gasteiger partial charge in [-0.3, -0.25) is 9.69 Å². The molecule has 0 aliphatic carbocycles. The van der Waals surface area contributed by atoms with Gasteiger partial charge >= 0.3 is 6.09 Å². The summed E-state index contributed by atoms with van der Waals surface area (Å²) in [6, 6.07) is 9.22. The zero-order valence-corrected chi connectivity index (χ0v) is 16.0. The summed E-state index contributed by atoms with van der Waals surface area (Å²) in [6.07, 6.45) is 4.64. The van der Waals surface area contributed by atoms with E-state index < -0.39 is 17.7 Å². The number of hydrogen-bond acceptors (Lipinski definition) is 4. The SMILES string of the molecule is CC(C)(C)OC(=O)N1CCC[C@H]1C(=O)NCc1ccc(-n2cccn2)cc1. The topological polar surface area (TPSA) is 76.5 Å². The molecular weight excluding hydrogens is 344 g/mol. The number of nitrogens with one attached hydrogen (secondary N) is 1. The fraction of sp³-hybridized carbons (Fsp3) is 0.450. The molecule has 1 atom stereocenters. The van der Waals surface area contributed by atoms with E-state index in [0.717, 1.165) is 17.7 Å². The molecule has 0 saturated carbocycles. The largest absolute Gasteiger partial charge is 0.444 e. The summed E-state index contributed by atoms with van der Waals surface area (Å²) < 4.78 is 7.19. The summed E-state index contributed by atoms with van der Waals surface area (Å²) in [4.78, 5) is 26.4. The van der Waals surface area contributed by atoms with E-state index in [-0.39, 0.29) is 5.91 Å². The second-order valence-electron chi connectivity index (χ2n) is 7.67. The van der Waals surface area contributed by atoms with E-state index in [1.807, 2.05) is 57.3 Å². The van der Waals surface area contributed by atoms with Crippen molar-refractivity contribution in [2.24, 2.45) is 0 Å². The van der Waals surface area contributed by atoms with Gasteiger partial charge in [0.15, 0.2) is 0 Å². The van der Waals surface area contributed by atoms with Gasteiger partial charge in [0.05, 0.1) is 5.69 Å². The molecule has 0 radical (unpaired) electrons. The first-order chi connectivity index (χ1) is 12.8. The van der Waals surface area contributed by atoms with Gasteiger partial charge in [-0.1, -0.05) is 12.1 Å². The third kappa shape index (κ3) is 4.87. The summed E-state index contributed by atoms with van der Waals surface area (Å²) >= 11 is 0. The molecule has 1 saturated heterocycles. The molecule has 1 fully saturated rings. The van der Waals surface area contributed by atoms with Gasteiger partial charge in [0.25, 0.3) is 0 Å². The van der Waals surface area contributed by atoms with Gasteiger partial charge in [0.2, 0.25) is 5.91 Å². The molecule has 144 valence electrons.